The van der Waals surface area contributed by atoms with Crippen molar-refractivity contribution in [3.05, 3.63) is 23.8 Å². The first-order valence-electron chi connectivity index (χ1n) is 4.29. The Morgan fingerprint density at radius 3 is 1.56 bits per heavy atom. The van der Waals surface area contributed by atoms with E-state index in [0.717, 1.165) is 0 Å². The quantitative estimate of drug-likeness (QED) is 0.545. The number of phenolic OH excluding ortho intramolecular Hbond substituents is 2. The van der Waals surface area contributed by atoms with Crippen LogP contribution in [-0.4, -0.2) is 27.7 Å². The number of hydrogen-bond donors (Lipinski definition) is 3. The first kappa shape index (κ1) is 14.4. The summed E-state index contributed by atoms with van der Waals surface area (Å²) in [4.78, 5) is 0. The molecule has 0 heterocycles. The fraction of sp³-hybridized carbons (Fsp3) is 0.333. The molecule has 0 aromatic heterocycles. The molecule has 0 amide bonds. The summed E-state index contributed by atoms with van der Waals surface area (Å²) in [6.07, 6.45) is -12.1. The SMILES string of the molecule is Oc1ccc(C(O)(C(F)(F)F)C(F)(F)F)cc1O. The monoisotopic (exact) mass is 276 g/mol. The van der Waals surface area contributed by atoms with E-state index < -0.39 is 35.0 Å². The minimum atomic E-state index is -6.03. The van der Waals surface area contributed by atoms with E-state index >= 15 is 0 Å². The van der Waals surface area contributed by atoms with E-state index in [9.17, 15) is 26.3 Å². The van der Waals surface area contributed by atoms with Gasteiger partial charge >= 0.3 is 12.4 Å². The van der Waals surface area contributed by atoms with Crippen molar-refractivity contribution in [2.45, 2.75) is 18.0 Å². The van der Waals surface area contributed by atoms with Crippen molar-refractivity contribution in [3.8, 4) is 11.5 Å². The average Bonchev–Trinajstić information content (AvgIpc) is 2.17. The summed E-state index contributed by atoms with van der Waals surface area (Å²) in [6, 6.07) is 0.624. The number of rotatable bonds is 1. The van der Waals surface area contributed by atoms with E-state index in [2.05, 4.69) is 0 Å². The maximum absolute atomic E-state index is 12.4. The smallest absolute Gasteiger partial charge is 0.430 e. The Hall–Kier alpha value is -1.64. The van der Waals surface area contributed by atoms with Gasteiger partial charge in [0, 0.05) is 5.56 Å². The third-order valence-corrected chi connectivity index (χ3v) is 2.21. The van der Waals surface area contributed by atoms with E-state index in [1.807, 2.05) is 0 Å². The van der Waals surface area contributed by atoms with Gasteiger partial charge in [-0.15, -0.1) is 0 Å². The molecule has 0 saturated heterocycles. The molecule has 0 fully saturated rings. The van der Waals surface area contributed by atoms with Crippen LogP contribution in [0.15, 0.2) is 18.2 Å². The van der Waals surface area contributed by atoms with Gasteiger partial charge in [-0.3, -0.25) is 0 Å². The van der Waals surface area contributed by atoms with Gasteiger partial charge in [0.25, 0.3) is 5.60 Å². The molecule has 0 aliphatic heterocycles. The van der Waals surface area contributed by atoms with Gasteiger partial charge in [0.15, 0.2) is 11.5 Å². The molecule has 1 aromatic carbocycles. The molecule has 0 spiro atoms. The molecule has 1 aromatic rings. The Morgan fingerprint density at radius 2 is 1.22 bits per heavy atom. The number of aromatic hydroxyl groups is 2. The lowest BCUT2D eigenvalue weighted by Crippen LogP contribution is -2.53. The van der Waals surface area contributed by atoms with Gasteiger partial charge in [-0.05, 0) is 12.1 Å². The minimum absolute atomic E-state index is 0.00366. The fourth-order valence-electron chi connectivity index (χ4n) is 1.24. The van der Waals surface area contributed by atoms with Crippen LogP contribution in [0, 0.1) is 0 Å². The van der Waals surface area contributed by atoms with E-state index in [1.165, 1.54) is 0 Å². The van der Waals surface area contributed by atoms with Crippen molar-refractivity contribution in [2.75, 3.05) is 0 Å². The van der Waals surface area contributed by atoms with Gasteiger partial charge in [0.05, 0.1) is 0 Å². The fourth-order valence-corrected chi connectivity index (χ4v) is 1.24. The number of phenols is 2. The summed E-state index contributed by atoms with van der Waals surface area (Å²) in [5.41, 5.74) is -6.76. The number of benzene rings is 1. The molecular formula is C9H6F6O3. The standard InChI is InChI=1S/C9H6F6O3/c10-8(11,12)7(18,9(13,14)15)4-1-2-5(16)6(17)3-4/h1-3,16-18H. The Bertz CT molecular complexity index is 437. The average molecular weight is 276 g/mol. The van der Waals surface area contributed by atoms with Crippen molar-refractivity contribution < 1.29 is 41.7 Å². The Labute approximate surface area is 95.9 Å². The molecule has 3 N–H and O–H groups in total. The van der Waals surface area contributed by atoms with Crippen LogP contribution in [0.25, 0.3) is 0 Å². The van der Waals surface area contributed by atoms with Crippen LogP contribution in [0.4, 0.5) is 26.3 Å². The lowest BCUT2D eigenvalue weighted by atomic mass is 9.92. The molecule has 0 radical (unpaired) electrons. The van der Waals surface area contributed by atoms with Crippen LogP contribution >= 0.6 is 0 Å². The van der Waals surface area contributed by atoms with E-state index in [1.54, 1.807) is 0 Å². The van der Waals surface area contributed by atoms with E-state index in [0.29, 0.717) is 6.07 Å². The first-order chi connectivity index (χ1) is 7.91. The van der Waals surface area contributed by atoms with Crippen LogP contribution in [-0.2, 0) is 5.60 Å². The minimum Gasteiger partial charge on any atom is -0.504 e. The third kappa shape index (κ3) is 2.05. The van der Waals surface area contributed by atoms with Gasteiger partial charge in [-0.25, -0.2) is 0 Å². The summed E-state index contributed by atoms with van der Waals surface area (Å²) in [6.45, 7) is 0. The highest BCUT2D eigenvalue weighted by molar-refractivity contribution is 5.43. The first-order valence-corrected chi connectivity index (χ1v) is 4.29. The maximum atomic E-state index is 12.4. The van der Waals surface area contributed by atoms with Crippen LogP contribution in [0.3, 0.4) is 0 Å². The zero-order chi connectivity index (χ0) is 14.4. The molecule has 0 atom stereocenters. The predicted molar refractivity (Wildman–Crippen MR) is 45.8 cm³/mol. The van der Waals surface area contributed by atoms with E-state index in [4.69, 9.17) is 15.3 Å². The third-order valence-electron chi connectivity index (χ3n) is 2.21. The molecule has 0 aliphatic carbocycles. The Morgan fingerprint density at radius 1 is 0.778 bits per heavy atom. The zero-order valence-electron chi connectivity index (χ0n) is 8.34. The Kier molecular flexibility index (Phi) is 3.16. The highest BCUT2D eigenvalue weighted by Crippen LogP contribution is 2.50. The number of hydrogen-bond acceptors (Lipinski definition) is 3. The second-order valence-corrected chi connectivity index (χ2v) is 3.41. The van der Waals surface area contributed by atoms with Crippen LogP contribution in [0.2, 0.25) is 0 Å². The van der Waals surface area contributed by atoms with Crippen molar-refractivity contribution in [1.82, 2.24) is 0 Å². The lowest BCUT2D eigenvalue weighted by Gasteiger charge is -2.32. The lowest BCUT2D eigenvalue weighted by molar-refractivity contribution is -0.376. The largest absolute Gasteiger partial charge is 0.504 e. The molecule has 3 nitrogen and oxygen atoms in total. The molecule has 102 valence electrons. The summed E-state index contributed by atoms with van der Waals surface area (Å²) in [5, 5.41) is 26.6. The highest BCUT2D eigenvalue weighted by Gasteiger charge is 2.71. The number of halogens is 6. The van der Waals surface area contributed by atoms with Gasteiger partial charge in [0.1, 0.15) is 0 Å². The topological polar surface area (TPSA) is 60.7 Å². The number of alkyl halides is 6. The second-order valence-electron chi connectivity index (χ2n) is 3.41. The molecule has 0 saturated carbocycles. The summed E-state index contributed by atoms with van der Waals surface area (Å²) >= 11 is 0. The van der Waals surface area contributed by atoms with Gasteiger partial charge < -0.3 is 15.3 Å². The molecule has 0 bridgehead atoms. The molecule has 0 aliphatic rings. The zero-order valence-corrected chi connectivity index (χ0v) is 8.34. The molecule has 18 heavy (non-hydrogen) atoms. The summed E-state index contributed by atoms with van der Waals surface area (Å²) in [7, 11) is 0. The van der Waals surface area contributed by atoms with E-state index in [-0.39, 0.29) is 12.1 Å². The van der Waals surface area contributed by atoms with Crippen molar-refractivity contribution in [2.24, 2.45) is 0 Å². The molecule has 9 heteroatoms. The number of aliphatic hydroxyl groups is 1. The molecule has 1 rings (SSSR count). The maximum Gasteiger partial charge on any atom is 0.430 e. The van der Waals surface area contributed by atoms with Gasteiger partial charge in [-0.2, -0.15) is 26.3 Å². The van der Waals surface area contributed by atoms with Crippen LogP contribution < -0.4 is 0 Å². The van der Waals surface area contributed by atoms with Crippen LogP contribution in [0.1, 0.15) is 5.56 Å². The second kappa shape index (κ2) is 3.94. The molecule has 0 unspecified atom stereocenters. The van der Waals surface area contributed by atoms with Gasteiger partial charge in [-0.1, -0.05) is 6.07 Å². The van der Waals surface area contributed by atoms with Crippen LogP contribution in [0.5, 0.6) is 11.5 Å². The highest BCUT2D eigenvalue weighted by atomic mass is 19.4. The van der Waals surface area contributed by atoms with Crippen molar-refractivity contribution in [3.63, 3.8) is 0 Å². The van der Waals surface area contributed by atoms with Crippen molar-refractivity contribution in [1.29, 1.82) is 0 Å². The Balaban J connectivity index is 3.51. The summed E-state index contributed by atoms with van der Waals surface area (Å²) < 4.78 is 74.4. The van der Waals surface area contributed by atoms with Gasteiger partial charge in [0.2, 0.25) is 0 Å². The normalized spacial score (nSPS) is 13.7. The predicted octanol–water partition coefficient (Wildman–Crippen LogP) is 2.41. The summed E-state index contributed by atoms with van der Waals surface area (Å²) in [5.74, 6) is -2.12. The van der Waals surface area contributed by atoms with Crippen molar-refractivity contribution >= 4 is 0 Å². The molecular weight excluding hydrogens is 270 g/mol.